The van der Waals surface area contributed by atoms with Gasteiger partial charge in [-0.25, -0.2) is 0 Å². The average molecular weight is 295 g/mol. The van der Waals surface area contributed by atoms with Gasteiger partial charge >= 0.3 is 0 Å². The van der Waals surface area contributed by atoms with Crippen molar-refractivity contribution in [3.05, 3.63) is 41.2 Å². The molecule has 100 valence electrons. The van der Waals surface area contributed by atoms with E-state index in [1.807, 2.05) is 23.0 Å². The molecule has 0 fully saturated rings. The van der Waals surface area contributed by atoms with Gasteiger partial charge in [0.2, 0.25) is 0 Å². The molecule has 0 spiro atoms. The Morgan fingerprint density at radius 2 is 2.21 bits per heavy atom. The summed E-state index contributed by atoms with van der Waals surface area (Å²) in [5.41, 5.74) is 8.01. The van der Waals surface area contributed by atoms with Crippen molar-refractivity contribution in [1.82, 2.24) is 9.78 Å². The lowest BCUT2D eigenvalue weighted by molar-refractivity contribution is 0.532. The number of benzene rings is 1. The molecule has 1 aromatic heterocycles. The predicted octanol–water partition coefficient (Wildman–Crippen LogP) is 3.50. The Bertz CT molecular complexity index is 606. The topological polar surface area (TPSA) is 55.9 Å². The minimum atomic E-state index is 0.268. The van der Waals surface area contributed by atoms with Crippen molar-refractivity contribution in [2.45, 2.75) is 19.9 Å². The summed E-state index contributed by atoms with van der Waals surface area (Å²) in [6.45, 7) is 4.13. The molecule has 0 unspecified atom stereocenters. The summed E-state index contributed by atoms with van der Waals surface area (Å²) < 4.78 is 1.87. The molecule has 0 radical (unpaired) electrons. The van der Waals surface area contributed by atoms with Gasteiger partial charge in [-0.1, -0.05) is 29.9 Å². The Hall–Kier alpha value is -1.59. The van der Waals surface area contributed by atoms with E-state index in [0.717, 1.165) is 11.4 Å². The van der Waals surface area contributed by atoms with Crippen LogP contribution in [0.1, 0.15) is 25.5 Å². The van der Waals surface area contributed by atoms with E-state index in [1.54, 1.807) is 12.3 Å². The highest BCUT2D eigenvalue weighted by atomic mass is 35.5. The summed E-state index contributed by atoms with van der Waals surface area (Å²) in [6.07, 6.45) is 3.68. The molecule has 2 aromatic rings. The number of thiocarbonyl (C=S) groups is 1. The van der Waals surface area contributed by atoms with Gasteiger partial charge in [-0.2, -0.15) is 5.10 Å². The third-order valence-corrected chi connectivity index (χ3v) is 3.19. The van der Waals surface area contributed by atoms with Crippen LogP contribution < -0.4 is 11.1 Å². The Morgan fingerprint density at radius 1 is 1.47 bits per heavy atom. The van der Waals surface area contributed by atoms with Crippen molar-refractivity contribution in [2.24, 2.45) is 5.73 Å². The van der Waals surface area contributed by atoms with Crippen LogP contribution >= 0.6 is 23.8 Å². The first-order chi connectivity index (χ1) is 8.99. The molecule has 4 nitrogen and oxygen atoms in total. The molecule has 0 atom stereocenters. The van der Waals surface area contributed by atoms with Crippen LogP contribution in [0.4, 0.5) is 11.4 Å². The number of nitrogens with one attached hydrogen (secondary N) is 1. The van der Waals surface area contributed by atoms with Gasteiger partial charge in [-0.05, 0) is 26.0 Å². The molecule has 0 saturated heterocycles. The number of nitrogens with zero attached hydrogens (tertiary/aromatic N) is 2. The fraction of sp³-hybridized carbons (Fsp3) is 0.231. The van der Waals surface area contributed by atoms with E-state index in [0.29, 0.717) is 16.6 Å². The minimum Gasteiger partial charge on any atom is -0.389 e. The summed E-state index contributed by atoms with van der Waals surface area (Å²) in [4.78, 5) is 0.268. The predicted molar refractivity (Wildman–Crippen MR) is 83.2 cm³/mol. The smallest absolute Gasteiger partial charge is 0.107 e. The van der Waals surface area contributed by atoms with Crippen molar-refractivity contribution < 1.29 is 0 Å². The van der Waals surface area contributed by atoms with E-state index in [-0.39, 0.29) is 4.99 Å². The molecule has 0 bridgehead atoms. The van der Waals surface area contributed by atoms with E-state index >= 15 is 0 Å². The number of hydrogen-bond acceptors (Lipinski definition) is 3. The Morgan fingerprint density at radius 3 is 2.79 bits per heavy atom. The molecule has 0 amide bonds. The monoisotopic (exact) mass is 294 g/mol. The zero-order valence-electron chi connectivity index (χ0n) is 10.7. The van der Waals surface area contributed by atoms with Crippen molar-refractivity contribution in [2.75, 3.05) is 5.32 Å². The van der Waals surface area contributed by atoms with Crippen molar-refractivity contribution in [3.63, 3.8) is 0 Å². The maximum Gasteiger partial charge on any atom is 0.107 e. The van der Waals surface area contributed by atoms with Crippen LogP contribution in [0.3, 0.4) is 0 Å². The van der Waals surface area contributed by atoms with Gasteiger partial charge in [-0.15, -0.1) is 0 Å². The lowest BCUT2D eigenvalue weighted by Crippen LogP contribution is -2.12. The lowest BCUT2D eigenvalue weighted by atomic mass is 10.1. The first-order valence-corrected chi connectivity index (χ1v) is 6.67. The van der Waals surface area contributed by atoms with Gasteiger partial charge in [0.15, 0.2) is 0 Å². The van der Waals surface area contributed by atoms with Crippen molar-refractivity contribution >= 4 is 40.2 Å². The summed E-state index contributed by atoms with van der Waals surface area (Å²) in [7, 11) is 0. The maximum atomic E-state index is 6.12. The molecule has 0 aliphatic heterocycles. The second-order valence-corrected chi connectivity index (χ2v) is 5.30. The molecule has 2 rings (SSSR count). The number of anilines is 2. The summed E-state index contributed by atoms with van der Waals surface area (Å²) in [5, 5.41) is 8.04. The number of aromatic nitrogens is 2. The third-order valence-electron chi connectivity index (χ3n) is 2.67. The van der Waals surface area contributed by atoms with E-state index in [9.17, 15) is 0 Å². The van der Waals surface area contributed by atoms with Crippen LogP contribution in [0.5, 0.6) is 0 Å². The number of rotatable bonds is 4. The largest absolute Gasteiger partial charge is 0.389 e. The molecular formula is C13H15ClN4S. The highest BCUT2D eigenvalue weighted by Gasteiger charge is 2.11. The summed E-state index contributed by atoms with van der Waals surface area (Å²) >= 11 is 11.2. The molecule has 1 heterocycles. The fourth-order valence-corrected chi connectivity index (χ4v) is 2.27. The van der Waals surface area contributed by atoms with Gasteiger partial charge in [0.05, 0.1) is 28.2 Å². The van der Waals surface area contributed by atoms with E-state index < -0.39 is 0 Å². The van der Waals surface area contributed by atoms with Crippen LogP contribution in [-0.4, -0.2) is 14.8 Å². The zero-order valence-corrected chi connectivity index (χ0v) is 12.3. The Balaban J connectivity index is 2.32. The van der Waals surface area contributed by atoms with Crippen LogP contribution in [0, 0.1) is 0 Å². The second kappa shape index (κ2) is 5.59. The summed E-state index contributed by atoms with van der Waals surface area (Å²) in [6, 6.07) is 5.80. The van der Waals surface area contributed by atoms with E-state index in [2.05, 4.69) is 24.3 Å². The van der Waals surface area contributed by atoms with Crippen molar-refractivity contribution in [3.8, 4) is 0 Å². The maximum absolute atomic E-state index is 6.12. The van der Waals surface area contributed by atoms with Gasteiger partial charge in [0.1, 0.15) is 4.99 Å². The number of nitrogens with two attached hydrogens (primary N) is 1. The Kier molecular flexibility index (Phi) is 4.07. The highest BCUT2D eigenvalue weighted by molar-refractivity contribution is 7.80. The first-order valence-electron chi connectivity index (χ1n) is 5.88. The molecule has 3 N–H and O–H groups in total. The molecule has 19 heavy (non-hydrogen) atoms. The fourth-order valence-electron chi connectivity index (χ4n) is 1.72. The molecular weight excluding hydrogens is 280 g/mol. The molecule has 0 aliphatic rings. The highest BCUT2D eigenvalue weighted by Crippen LogP contribution is 2.27. The summed E-state index contributed by atoms with van der Waals surface area (Å²) in [5.74, 6) is 0. The third kappa shape index (κ3) is 3.05. The first kappa shape index (κ1) is 13.8. The average Bonchev–Trinajstić information content (AvgIpc) is 2.77. The van der Waals surface area contributed by atoms with E-state index in [1.165, 1.54) is 0 Å². The zero-order chi connectivity index (χ0) is 14.0. The molecule has 6 heteroatoms. The van der Waals surface area contributed by atoms with Gasteiger partial charge < -0.3 is 11.1 Å². The van der Waals surface area contributed by atoms with Gasteiger partial charge in [0.25, 0.3) is 0 Å². The molecule has 0 aliphatic carbocycles. The second-order valence-electron chi connectivity index (χ2n) is 4.45. The van der Waals surface area contributed by atoms with Crippen LogP contribution in [0.25, 0.3) is 0 Å². The number of hydrogen-bond donors (Lipinski definition) is 2. The minimum absolute atomic E-state index is 0.268. The van der Waals surface area contributed by atoms with Crippen LogP contribution in [0.15, 0.2) is 30.6 Å². The number of halogens is 1. The standard InChI is InChI=1S/C13H15ClN4S/c1-8(2)18-7-9(6-16-18)17-11-5-3-4-10(14)12(11)13(15)19/h3-8,17H,1-2H3,(H2,15,19). The molecule has 1 aromatic carbocycles. The quantitative estimate of drug-likeness (QED) is 0.848. The van der Waals surface area contributed by atoms with Gasteiger partial charge in [-0.3, -0.25) is 4.68 Å². The van der Waals surface area contributed by atoms with Gasteiger partial charge in [0, 0.05) is 12.2 Å². The molecule has 0 saturated carbocycles. The normalized spacial score (nSPS) is 10.7. The SMILES string of the molecule is CC(C)n1cc(Nc2cccc(Cl)c2C(N)=S)cn1. The lowest BCUT2D eigenvalue weighted by Gasteiger charge is -2.11. The van der Waals surface area contributed by atoms with E-state index in [4.69, 9.17) is 29.6 Å². The van der Waals surface area contributed by atoms with Crippen LogP contribution in [0.2, 0.25) is 5.02 Å². The Labute approximate surface area is 122 Å². The van der Waals surface area contributed by atoms with Crippen LogP contribution in [-0.2, 0) is 0 Å². The van der Waals surface area contributed by atoms with Crippen molar-refractivity contribution in [1.29, 1.82) is 0 Å².